The van der Waals surface area contributed by atoms with Crippen molar-refractivity contribution < 1.29 is 50.6 Å². The van der Waals surface area contributed by atoms with Gasteiger partial charge in [-0.05, 0) is 6.07 Å². The van der Waals surface area contributed by atoms with Crippen molar-refractivity contribution >= 4 is 35.2 Å². The van der Waals surface area contributed by atoms with E-state index < -0.39 is 56.7 Å². The third-order valence-corrected chi connectivity index (χ3v) is 9.58. The molecule has 0 aliphatic carbocycles. The Bertz CT molecular complexity index is 1030. The minimum atomic E-state index is -4.41. The third-order valence-electron chi connectivity index (χ3n) is 5.68. The van der Waals surface area contributed by atoms with Gasteiger partial charge < -0.3 is 29.4 Å². The van der Waals surface area contributed by atoms with Crippen molar-refractivity contribution in [2.45, 2.75) is 36.6 Å². The van der Waals surface area contributed by atoms with Gasteiger partial charge in [0.2, 0.25) is 6.23 Å². The van der Waals surface area contributed by atoms with Gasteiger partial charge in [0.1, 0.15) is 18.0 Å². The van der Waals surface area contributed by atoms with Gasteiger partial charge in [-0.25, -0.2) is 9.36 Å². The van der Waals surface area contributed by atoms with Crippen molar-refractivity contribution in [1.29, 1.82) is 0 Å². The summed E-state index contributed by atoms with van der Waals surface area (Å²) in [6.45, 7) is 1.85. The summed E-state index contributed by atoms with van der Waals surface area (Å²) in [6.07, 6.45) is -5.49. The standard InChI is InChI=1S/C20H30F2N3O10PS2/c1-28-4-5-29-6-7-30-8-9-31-14-11-37-38-12-15(14)34-36(27)32-10-13-17(35-36)20(21,22)18(33-13)25-3-2-16(23)24-19(25)26/h2-3,13-15,17-18H,4-12H2,1H3,(H2,23,24,26). The van der Waals surface area contributed by atoms with Gasteiger partial charge in [-0.3, -0.25) is 18.1 Å². The summed E-state index contributed by atoms with van der Waals surface area (Å²) < 4.78 is 87.5. The number of hydrogen-bond donors (Lipinski definition) is 1. The van der Waals surface area contributed by atoms with Crippen LogP contribution in [-0.2, 0) is 41.8 Å². The molecule has 4 rings (SSSR count). The number of phosphoric acid groups is 1. The minimum absolute atomic E-state index is 0.124. The van der Waals surface area contributed by atoms with Crippen LogP contribution >= 0.6 is 29.4 Å². The molecule has 3 saturated heterocycles. The Morgan fingerprint density at radius 2 is 1.84 bits per heavy atom. The molecule has 0 amide bonds. The van der Waals surface area contributed by atoms with Gasteiger partial charge in [-0.2, -0.15) is 13.8 Å². The van der Waals surface area contributed by atoms with Crippen molar-refractivity contribution in [3.8, 4) is 0 Å². The zero-order valence-electron chi connectivity index (χ0n) is 20.5. The summed E-state index contributed by atoms with van der Waals surface area (Å²) in [7, 11) is 0.185. The fourth-order valence-electron chi connectivity index (χ4n) is 3.81. The van der Waals surface area contributed by atoms with E-state index in [0.29, 0.717) is 49.1 Å². The number of alkyl halides is 2. The van der Waals surface area contributed by atoms with Crippen molar-refractivity contribution in [1.82, 2.24) is 9.55 Å². The summed E-state index contributed by atoms with van der Waals surface area (Å²) in [6, 6.07) is 1.19. The lowest BCUT2D eigenvalue weighted by molar-refractivity contribution is -0.140. The number of nitrogens with two attached hydrogens (primary N) is 1. The maximum atomic E-state index is 15.3. The molecule has 3 aliphatic heterocycles. The zero-order chi connectivity index (χ0) is 27.2. The van der Waals surface area contributed by atoms with E-state index in [9.17, 15) is 9.36 Å². The minimum Gasteiger partial charge on any atom is -0.383 e. The van der Waals surface area contributed by atoms with Crippen LogP contribution in [0.2, 0.25) is 0 Å². The highest BCUT2D eigenvalue weighted by Gasteiger charge is 2.65. The number of nitrogens with zero attached hydrogens (tertiary/aromatic N) is 2. The average Bonchev–Trinajstić information content (AvgIpc) is 3.13. The molecule has 0 radical (unpaired) electrons. The fourth-order valence-corrected chi connectivity index (χ4v) is 7.95. The van der Waals surface area contributed by atoms with Crippen LogP contribution in [0, 0.1) is 0 Å². The van der Waals surface area contributed by atoms with Gasteiger partial charge in [0.25, 0.3) is 0 Å². The Kier molecular flexibility index (Phi) is 10.8. The van der Waals surface area contributed by atoms with Gasteiger partial charge in [0.05, 0.1) is 52.4 Å². The highest BCUT2D eigenvalue weighted by Crippen LogP contribution is 2.61. The van der Waals surface area contributed by atoms with Crippen LogP contribution in [0.4, 0.5) is 14.6 Å². The second-order valence-electron chi connectivity index (χ2n) is 8.35. The van der Waals surface area contributed by atoms with Crippen LogP contribution in [0.5, 0.6) is 0 Å². The van der Waals surface area contributed by atoms with Gasteiger partial charge in [-0.15, -0.1) is 0 Å². The molecule has 6 unspecified atom stereocenters. The number of halogens is 2. The molecular formula is C20H30F2N3O10PS2. The summed E-state index contributed by atoms with van der Waals surface area (Å²) in [5.74, 6) is -2.99. The number of ether oxygens (including phenoxy) is 5. The number of nitrogen functional groups attached to an aromatic ring is 1. The largest absolute Gasteiger partial charge is 0.475 e. The maximum absolute atomic E-state index is 15.3. The Morgan fingerprint density at radius 1 is 1.16 bits per heavy atom. The molecule has 38 heavy (non-hydrogen) atoms. The van der Waals surface area contributed by atoms with Crippen molar-refractivity contribution in [2.75, 3.05) is 70.6 Å². The van der Waals surface area contributed by atoms with E-state index in [2.05, 4.69) is 4.98 Å². The smallest absolute Gasteiger partial charge is 0.383 e. The lowest BCUT2D eigenvalue weighted by Crippen LogP contribution is -2.46. The summed E-state index contributed by atoms with van der Waals surface area (Å²) >= 11 is 0. The van der Waals surface area contributed by atoms with Gasteiger partial charge >= 0.3 is 19.4 Å². The summed E-state index contributed by atoms with van der Waals surface area (Å²) in [5.41, 5.74) is 4.42. The normalized spacial score (nSPS) is 32.8. The molecule has 0 spiro atoms. The molecule has 216 valence electrons. The van der Waals surface area contributed by atoms with Gasteiger partial charge in [-0.1, -0.05) is 21.6 Å². The number of anilines is 1. The van der Waals surface area contributed by atoms with Crippen LogP contribution < -0.4 is 11.4 Å². The lowest BCUT2D eigenvalue weighted by atomic mass is 10.1. The molecule has 1 aromatic rings. The third kappa shape index (κ3) is 7.46. The molecular weight excluding hydrogens is 575 g/mol. The average molecular weight is 606 g/mol. The SMILES string of the molecule is COCCOCCOCCOC1CSSCC1OP1(=O)OCC2OC(n3ccc(N)nc3=O)C(F)(F)C2O1. The maximum Gasteiger partial charge on any atom is 0.475 e. The monoisotopic (exact) mass is 605 g/mol. The molecule has 18 heteroatoms. The number of methoxy groups -OCH3 is 1. The Balaban J connectivity index is 1.30. The van der Waals surface area contributed by atoms with E-state index in [1.54, 1.807) is 17.9 Å². The molecule has 4 heterocycles. The molecule has 13 nitrogen and oxygen atoms in total. The molecule has 0 bridgehead atoms. The molecule has 3 aliphatic rings. The van der Waals surface area contributed by atoms with E-state index in [1.165, 1.54) is 16.9 Å². The predicted molar refractivity (Wildman–Crippen MR) is 133 cm³/mol. The first kappa shape index (κ1) is 30.1. The molecule has 0 aromatic carbocycles. The lowest BCUT2D eigenvalue weighted by Gasteiger charge is -2.36. The van der Waals surface area contributed by atoms with Gasteiger partial charge in [0.15, 0.2) is 6.10 Å². The Hall–Kier alpha value is -0.850. The second kappa shape index (κ2) is 13.7. The molecule has 1 aromatic heterocycles. The summed E-state index contributed by atoms with van der Waals surface area (Å²) in [4.78, 5) is 15.6. The number of aromatic nitrogens is 2. The zero-order valence-corrected chi connectivity index (χ0v) is 23.0. The number of hydrogen-bond acceptors (Lipinski definition) is 14. The van der Waals surface area contributed by atoms with Crippen LogP contribution in [0.25, 0.3) is 0 Å². The van der Waals surface area contributed by atoms with Crippen molar-refractivity contribution in [3.05, 3.63) is 22.7 Å². The van der Waals surface area contributed by atoms with Crippen LogP contribution in [-0.4, -0.2) is 105 Å². The second-order valence-corrected chi connectivity index (χ2v) is 12.5. The highest BCUT2D eigenvalue weighted by molar-refractivity contribution is 8.76. The van der Waals surface area contributed by atoms with E-state index >= 15 is 8.78 Å². The molecule has 2 N–H and O–H groups in total. The number of rotatable bonds is 13. The van der Waals surface area contributed by atoms with Crippen molar-refractivity contribution in [3.63, 3.8) is 0 Å². The number of phosphoric ester groups is 1. The Labute approximate surface area is 225 Å². The number of fused-ring (bicyclic) bond motifs is 1. The van der Waals surface area contributed by atoms with E-state index in [0.717, 1.165) is 6.20 Å². The Morgan fingerprint density at radius 3 is 2.55 bits per heavy atom. The van der Waals surface area contributed by atoms with Gasteiger partial charge in [0, 0.05) is 24.8 Å². The summed E-state index contributed by atoms with van der Waals surface area (Å²) in [5, 5.41) is 0. The van der Waals surface area contributed by atoms with Crippen LogP contribution in [0.1, 0.15) is 6.23 Å². The van der Waals surface area contributed by atoms with E-state index in [4.69, 9.17) is 43.0 Å². The molecule has 3 fully saturated rings. The highest BCUT2D eigenvalue weighted by atomic mass is 33.1. The first-order valence-electron chi connectivity index (χ1n) is 11.7. The van der Waals surface area contributed by atoms with Crippen LogP contribution in [0.15, 0.2) is 17.1 Å². The first-order valence-corrected chi connectivity index (χ1v) is 15.7. The van der Waals surface area contributed by atoms with Crippen molar-refractivity contribution in [2.24, 2.45) is 0 Å². The quantitative estimate of drug-likeness (QED) is 0.197. The van der Waals surface area contributed by atoms with E-state index in [1.807, 2.05) is 0 Å². The first-order chi connectivity index (χ1) is 18.2. The van der Waals surface area contributed by atoms with Crippen LogP contribution in [0.3, 0.4) is 0 Å². The molecule has 6 atom stereocenters. The fraction of sp³-hybridized carbons (Fsp3) is 0.800. The molecule has 0 saturated carbocycles. The predicted octanol–water partition coefficient (Wildman–Crippen LogP) is 1.73. The van der Waals surface area contributed by atoms with E-state index in [-0.39, 0.29) is 12.4 Å². The topological polar surface area (TPSA) is 152 Å².